The minimum Gasteiger partial charge on any atom is -0.497 e. The molecule has 1 saturated heterocycles. The highest BCUT2D eigenvalue weighted by atomic mass is 16.7. The molecule has 2 heterocycles. The van der Waals surface area contributed by atoms with Gasteiger partial charge in [-0.15, -0.1) is 0 Å². The fourth-order valence-electron chi connectivity index (χ4n) is 4.58. The molecule has 10 nitrogen and oxygen atoms in total. The summed E-state index contributed by atoms with van der Waals surface area (Å²) in [7, 11) is 3.99. The molecule has 0 spiro atoms. The summed E-state index contributed by atoms with van der Waals surface area (Å²) in [6.45, 7) is 0.247. The predicted molar refractivity (Wildman–Crippen MR) is 109 cm³/mol. The lowest BCUT2D eigenvalue weighted by Crippen LogP contribution is -2.59. The van der Waals surface area contributed by atoms with Crippen molar-refractivity contribution < 1.29 is 33.6 Å². The molecule has 10 heteroatoms. The molecule has 2 aromatic carbocycles. The molecule has 0 radical (unpaired) electrons. The van der Waals surface area contributed by atoms with Crippen LogP contribution in [0.4, 0.5) is 5.69 Å². The number of carbonyl (C=O) groups excluding carboxylic acids is 2. The summed E-state index contributed by atoms with van der Waals surface area (Å²) < 4.78 is 15.2. The molecule has 2 aliphatic heterocycles. The fourth-order valence-corrected chi connectivity index (χ4v) is 4.58. The summed E-state index contributed by atoms with van der Waals surface area (Å²) in [5.41, 5.74) is 0.233. The molecule has 2 bridgehead atoms. The number of hydrogen-bond donors (Lipinski definition) is 0. The SMILES string of the molecule is COC(=O)C1(C(=O)OC)CC2ON(Cc3ccc(OC)cc3)C1c1ccc([N+](=O)[O-])cc12. The van der Waals surface area contributed by atoms with Gasteiger partial charge < -0.3 is 14.2 Å². The van der Waals surface area contributed by atoms with Gasteiger partial charge in [0.15, 0.2) is 5.41 Å². The number of nitro benzene ring substituents is 1. The molecule has 2 unspecified atom stereocenters. The minimum atomic E-state index is -1.68. The lowest BCUT2D eigenvalue weighted by Gasteiger charge is -2.53. The van der Waals surface area contributed by atoms with Crippen molar-refractivity contribution in [3.05, 3.63) is 69.3 Å². The van der Waals surface area contributed by atoms with Crippen LogP contribution in [0.5, 0.6) is 5.75 Å². The van der Waals surface area contributed by atoms with E-state index in [2.05, 4.69) is 0 Å². The maximum Gasteiger partial charge on any atom is 0.325 e. The number of rotatable bonds is 6. The fraction of sp³-hybridized carbons (Fsp3) is 0.364. The Kier molecular flexibility index (Phi) is 5.57. The first-order valence-electron chi connectivity index (χ1n) is 9.87. The van der Waals surface area contributed by atoms with Crippen LogP contribution >= 0.6 is 0 Å². The normalized spacial score (nSPS) is 20.8. The third-order valence-electron chi connectivity index (χ3n) is 6.04. The Hall–Kier alpha value is -3.50. The Bertz CT molecular complexity index is 1050. The van der Waals surface area contributed by atoms with E-state index in [0.29, 0.717) is 16.9 Å². The van der Waals surface area contributed by atoms with Crippen molar-refractivity contribution >= 4 is 17.6 Å². The molecule has 0 aromatic heterocycles. The molecule has 1 fully saturated rings. The number of hydrogen-bond acceptors (Lipinski definition) is 9. The molecule has 168 valence electrons. The number of nitrogens with zero attached hydrogens (tertiary/aromatic N) is 2. The highest BCUT2D eigenvalue weighted by molar-refractivity contribution is 6.01. The van der Waals surface area contributed by atoms with E-state index < -0.39 is 34.4 Å². The van der Waals surface area contributed by atoms with E-state index in [-0.39, 0.29) is 18.7 Å². The quantitative estimate of drug-likeness (QED) is 0.288. The highest BCUT2D eigenvalue weighted by Crippen LogP contribution is 2.59. The van der Waals surface area contributed by atoms with E-state index in [1.807, 2.05) is 12.1 Å². The topological polar surface area (TPSA) is 117 Å². The number of esters is 2. The molecule has 32 heavy (non-hydrogen) atoms. The van der Waals surface area contributed by atoms with Crippen LogP contribution in [0.25, 0.3) is 0 Å². The average molecular weight is 442 g/mol. The van der Waals surface area contributed by atoms with Gasteiger partial charge in [-0.2, -0.15) is 5.06 Å². The predicted octanol–water partition coefficient (Wildman–Crippen LogP) is 2.87. The van der Waals surface area contributed by atoms with Crippen LogP contribution in [0.2, 0.25) is 0 Å². The Balaban J connectivity index is 1.83. The molecule has 0 N–H and O–H groups in total. The number of benzene rings is 2. The van der Waals surface area contributed by atoms with E-state index in [1.54, 1.807) is 30.4 Å². The van der Waals surface area contributed by atoms with Gasteiger partial charge in [-0.3, -0.25) is 24.5 Å². The summed E-state index contributed by atoms with van der Waals surface area (Å²) in [6.07, 6.45) is -0.823. The zero-order valence-corrected chi connectivity index (χ0v) is 17.8. The number of non-ortho nitro benzene ring substituents is 1. The second kappa shape index (κ2) is 8.21. The van der Waals surface area contributed by atoms with Crippen molar-refractivity contribution in [1.29, 1.82) is 0 Å². The first kappa shape index (κ1) is 21.7. The Morgan fingerprint density at radius 1 is 1.09 bits per heavy atom. The van der Waals surface area contributed by atoms with Gasteiger partial charge >= 0.3 is 11.9 Å². The van der Waals surface area contributed by atoms with Gasteiger partial charge in [0.1, 0.15) is 11.9 Å². The van der Waals surface area contributed by atoms with Crippen molar-refractivity contribution in [2.75, 3.05) is 21.3 Å². The maximum atomic E-state index is 13.0. The first-order valence-corrected chi connectivity index (χ1v) is 9.87. The third kappa shape index (κ3) is 3.28. The number of hydroxylamine groups is 2. The summed E-state index contributed by atoms with van der Waals surface area (Å²) in [4.78, 5) is 42.9. The second-order valence-electron chi connectivity index (χ2n) is 7.65. The largest absolute Gasteiger partial charge is 0.497 e. The van der Waals surface area contributed by atoms with E-state index in [9.17, 15) is 19.7 Å². The van der Waals surface area contributed by atoms with Crippen LogP contribution in [0.3, 0.4) is 0 Å². The highest BCUT2D eigenvalue weighted by Gasteiger charge is 2.65. The van der Waals surface area contributed by atoms with E-state index >= 15 is 0 Å². The third-order valence-corrected chi connectivity index (χ3v) is 6.04. The molecular formula is C22H22N2O8. The van der Waals surface area contributed by atoms with Crippen molar-refractivity contribution in [2.24, 2.45) is 5.41 Å². The summed E-state index contributed by atoms with van der Waals surface area (Å²) in [5.74, 6) is -0.802. The van der Waals surface area contributed by atoms with Crippen LogP contribution < -0.4 is 4.74 Å². The molecule has 0 saturated carbocycles. The molecule has 5 rings (SSSR count). The van der Waals surface area contributed by atoms with Gasteiger partial charge in [0, 0.05) is 25.1 Å². The zero-order valence-electron chi connectivity index (χ0n) is 17.8. The standard InChI is InChI=1S/C22H22N2O8/c1-29-15-7-4-13(5-8-15)12-23-19-16-9-6-14(24(27)28)10-17(16)18(32-23)11-22(19,20(25)30-2)21(26)31-3/h4-10,18-19H,11-12H2,1-3H3. The first-order chi connectivity index (χ1) is 15.3. The summed E-state index contributed by atoms with van der Waals surface area (Å²) in [5, 5.41) is 12.8. The molecule has 2 atom stereocenters. The van der Waals surface area contributed by atoms with Gasteiger partial charge in [0.2, 0.25) is 0 Å². The molecule has 3 aliphatic rings. The molecule has 1 aliphatic carbocycles. The van der Waals surface area contributed by atoms with Gasteiger partial charge in [0.25, 0.3) is 5.69 Å². The van der Waals surface area contributed by atoms with E-state index in [4.69, 9.17) is 19.0 Å². The van der Waals surface area contributed by atoms with Crippen molar-refractivity contribution in [2.45, 2.75) is 25.1 Å². The van der Waals surface area contributed by atoms with Gasteiger partial charge in [-0.25, -0.2) is 0 Å². The lowest BCUT2D eigenvalue weighted by atomic mass is 9.65. The van der Waals surface area contributed by atoms with Crippen LogP contribution in [0.15, 0.2) is 42.5 Å². The van der Waals surface area contributed by atoms with Crippen molar-refractivity contribution in [1.82, 2.24) is 5.06 Å². The number of carbonyl (C=O) groups is 2. The smallest absolute Gasteiger partial charge is 0.325 e. The van der Waals surface area contributed by atoms with Gasteiger partial charge in [0.05, 0.1) is 32.3 Å². The van der Waals surface area contributed by atoms with Crippen LogP contribution in [-0.2, 0) is 30.4 Å². The number of nitro groups is 1. The lowest BCUT2D eigenvalue weighted by molar-refractivity contribution is -0.385. The van der Waals surface area contributed by atoms with E-state index in [1.165, 1.54) is 26.4 Å². The summed E-state index contributed by atoms with van der Waals surface area (Å²) in [6, 6.07) is 10.7. The maximum absolute atomic E-state index is 13.0. The molecule has 2 aromatic rings. The van der Waals surface area contributed by atoms with Crippen LogP contribution in [-0.4, -0.2) is 43.3 Å². The van der Waals surface area contributed by atoms with Crippen LogP contribution in [0, 0.1) is 15.5 Å². The number of fused-ring (bicyclic) bond motifs is 2. The Morgan fingerprint density at radius 2 is 1.75 bits per heavy atom. The second-order valence-corrected chi connectivity index (χ2v) is 7.65. The number of methoxy groups -OCH3 is 3. The molecular weight excluding hydrogens is 420 g/mol. The monoisotopic (exact) mass is 442 g/mol. The molecule has 0 amide bonds. The summed E-state index contributed by atoms with van der Waals surface area (Å²) >= 11 is 0. The van der Waals surface area contributed by atoms with Gasteiger partial charge in [-0.1, -0.05) is 18.2 Å². The Labute approximate surface area is 183 Å². The van der Waals surface area contributed by atoms with Crippen molar-refractivity contribution in [3.63, 3.8) is 0 Å². The van der Waals surface area contributed by atoms with Crippen molar-refractivity contribution in [3.8, 4) is 5.75 Å². The Morgan fingerprint density at radius 3 is 2.31 bits per heavy atom. The van der Waals surface area contributed by atoms with Gasteiger partial charge in [-0.05, 0) is 28.8 Å². The van der Waals surface area contributed by atoms with E-state index in [0.717, 1.165) is 5.56 Å². The van der Waals surface area contributed by atoms with Crippen LogP contribution in [0.1, 0.15) is 35.3 Å². The average Bonchev–Trinajstić information content (AvgIpc) is 2.82. The minimum absolute atomic E-state index is 0.0513. The number of ether oxygens (including phenoxy) is 3. The zero-order chi connectivity index (χ0) is 23.0.